The standard InChI is InChI=1S/C27H33FN4O5/c1-18-13-31(14-21(18)11-30-26(34)17-36-16-20-6-4-3-5-7-20)25-9-8-22(10-24(25)28)32-15-23(37-27(32)35)12-29-19(2)33/h3-10,18,21,23H,11-17H2,1-2H3,(H,29,33)(H,30,34)/t18-,21-,23+/m1/s1. The third kappa shape index (κ3) is 6.97. The fourth-order valence-corrected chi connectivity index (χ4v) is 4.64. The number of carbonyl (C=O) groups excluding carboxylic acids is 3. The van der Waals surface area contributed by atoms with E-state index in [2.05, 4.69) is 17.6 Å². The fraction of sp³-hybridized carbons (Fsp3) is 0.444. The van der Waals surface area contributed by atoms with Gasteiger partial charge >= 0.3 is 6.09 Å². The summed E-state index contributed by atoms with van der Waals surface area (Å²) in [5.74, 6) is -0.389. The monoisotopic (exact) mass is 512 g/mol. The summed E-state index contributed by atoms with van der Waals surface area (Å²) in [6.07, 6.45) is -1.06. The first-order valence-corrected chi connectivity index (χ1v) is 12.5. The van der Waals surface area contributed by atoms with Crippen molar-refractivity contribution in [3.63, 3.8) is 0 Å². The smallest absolute Gasteiger partial charge is 0.414 e. The first kappa shape index (κ1) is 26.4. The minimum atomic E-state index is -0.569. The van der Waals surface area contributed by atoms with Crippen LogP contribution in [-0.4, -0.2) is 63.3 Å². The molecule has 4 rings (SSSR count). The van der Waals surface area contributed by atoms with E-state index >= 15 is 4.39 Å². The Morgan fingerprint density at radius 2 is 1.86 bits per heavy atom. The van der Waals surface area contributed by atoms with Crippen LogP contribution in [0.5, 0.6) is 0 Å². The predicted molar refractivity (Wildman–Crippen MR) is 137 cm³/mol. The van der Waals surface area contributed by atoms with E-state index in [1.165, 1.54) is 17.9 Å². The van der Waals surface area contributed by atoms with Crippen LogP contribution >= 0.6 is 0 Å². The molecule has 0 aliphatic carbocycles. The zero-order valence-electron chi connectivity index (χ0n) is 21.1. The van der Waals surface area contributed by atoms with Crippen molar-refractivity contribution in [2.45, 2.75) is 26.6 Å². The summed E-state index contributed by atoms with van der Waals surface area (Å²) < 4.78 is 25.9. The Bertz CT molecular complexity index is 1120. The largest absolute Gasteiger partial charge is 0.442 e. The van der Waals surface area contributed by atoms with E-state index in [0.717, 1.165) is 5.56 Å². The van der Waals surface area contributed by atoms with Crippen molar-refractivity contribution in [3.05, 3.63) is 59.9 Å². The van der Waals surface area contributed by atoms with Gasteiger partial charge in [-0.25, -0.2) is 9.18 Å². The maximum Gasteiger partial charge on any atom is 0.414 e. The summed E-state index contributed by atoms with van der Waals surface area (Å²) in [5.41, 5.74) is 1.87. The lowest BCUT2D eigenvalue weighted by molar-refractivity contribution is -0.126. The van der Waals surface area contributed by atoms with E-state index in [-0.39, 0.29) is 43.3 Å². The zero-order valence-corrected chi connectivity index (χ0v) is 21.1. The number of halogens is 1. The number of nitrogens with one attached hydrogen (secondary N) is 2. The summed E-state index contributed by atoms with van der Waals surface area (Å²) >= 11 is 0. The maximum absolute atomic E-state index is 15.1. The zero-order chi connectivity index (χ0) is 26.4. The average molecular weight is 513 g/mol. The summed E-state index contributed by atoms with van der Waals surface area (Å²) in [5, 5.41) is 5.55. The number of rotatable bonds is 10. The Labute approximate surface area is 215 Å². The number of hydrogen-bond acceptors (Lipinski definition) is 6. The van der Waals surface area contributed by atoms with Crippen LogP contribution in [0.25, 0.3) is 0 Å². The molecule has 37 heavy (non-hydrogen) atoms. The molecule has 2 aliphatic heterocycles. The molecule has 10 heteroatoms. The van der Waals surface area contributed by atoms with Crippen molar-refractivity contribution < 1.29 is 28.2 Å². The maximum atomic E-state index is 15.1. The molecule has 0 bridgehead atoms. The minimum absolute atomic E-state index is 0.0135. The molecule has 198 valence electrons. The van der Waals surface area contributed by atoms with Gasteiger partial charge in [0.1, 0.15) is 18.5 Å². The molecule has 3 amide bonds. The Morgan fingerprint density at radius 1 is 1.08 bits per heavy atom. The molecular weight excluding hydrogens is 479 g/mol. The predicted octanol–water partition coefficient (Wildman–Crippen LogP) is 2.69. The average Bonchev–Trinajstić information content (AvgIpc) is 3.43. The second kappa shape index (κ2) is 12.1. The first-order valence-electron chi connectivity index (χ1n) is 12.5. The van der Waals surface area contributed by atoms with Crippen LogP contribution in [0.3, 0.4) is 0 Å². The van der Waals surface area contributed by atoms with E-state index in [1.54, 1.807) is 12.1 Å². The molecule has 9 nitrogen and oxygen atoms in total. The van der Waals surface area contributed by atoms with Crippen molar-refractivity contribution in [2.24, 2.45) is 11.8 Å². The van der Waals surface area contributed by atoms with Gasteiger partial charge in [0, 0.05) is 26.6 Å². The normalized spacial score (nSPS) is 21.2. The number of carbonyl (C=O) groups is 3. The minimum Gasteiger partial charge on any atom is -0.442 e. The molecule has 2 heterocycles. The summed E-state index contributed by atoms with van der Waals surface area (Å²) in [4.78, 5) is 38.9. The molecule has 0 saturated carbocycles. The molecule has 2 aromatic carbocycles. The Kier molecular flexibility index (Phi) is 8.60. The highest BCUT2D eigenvalue weighted by atomic mass is 19.1. The van der Waals surface area contributed by atoms with E-state index < -0.39 is 18.0 Å². The molecule has 3 atom stereocenters. The quantitative estimate of drug-likeness (QED) is 0.508. The highest BCUT2D eigenvalue weighted by molar-refractivity contribution is 5.90. The van der Waals surface area contributed by atoms with Crippen LogP contribution in [0.1, 0.15) is 19.4 Å². The van der Waals surface area contributed by atoms with Crippen LogP contribution < -0.4 is 20.4 Å². The molecular formula is C27H33FN4O5. The molecule has 0 spiro atoms. The first-order chi connectivity index (χ1) is 17.8. The van der Waals surface area contributed by atoms with Gasteiger partial charge < -0.3 is 25.0 Å². The van der Waals surface area contributed by atoms with Crippen molar-refractivity contribution in [3.8, 4) is 0 Å². The van der Waals surface area contributed by atoms with Crippen molar-refractivity contribution in [1.29, 1.82) is 0 Å². The van der Waals surface area contributed by atoms with Gasteiger partial charge in [-0.05, 0) is 35.6 Å². The van der Waals surface area contributed by atoms with E-state index in [0.29, 0.717) is 37.6 Å². The van der Waals surface area contributed by atoms with Crippen LogP contribution in [0.2, 0.25) is 0 Å². The van der Waals surface area contributed by atoms with Crippen LogP contribution in [0, 0.1) is 17.7 Å². The lowest BCUT2D eigenvalue weighted by atomic mass is 9.98. The van der Waals surface area contributed by atoms with Gasteiger partial charge in [0.15, 0.2) is 0 Å². The van der Waals surface area contributed by atoms with E-state index in [9.17, 15) is 14.4 Å². The van der Waals surface area contributed by atoms with Gasteiger partial charge in [-0.1, -0.05) is 37.3 Å². The summed E-state index contributed by atoms with van der Waals surface area (Å²) in [6.45, 7) is 6.03. The van der Waals surface area contributed by atoms with Crippen LogP contribution in [-0.2, 0) is 25.7 Å². The van der Waals surface area contributed by atoms with E-state index in [1.807, 2.05) is 35.2 Å². The number of amides is 3. The number of anilines is 2. The second-order valence-electron chi connectivity index (χ2n) is 9.61. The van der Waals surface area contributed by atoms with Gasteiger partial charge in [0.25, 0.3) is 0 Å². The Hall–Kier alpha value is -3.66. The van der Waals surface area contributed by atoms with E-state index in [4.69, 9.17) is 9.47 Å². The topological polar surface area (TPSA) is 100 Å². The lowest BCUT2D eigenvalue weighted by Crippen LogP contribution is -2.34. The molecule has 0 unspecified atom stereocenters. The molecule has 2 aromatic rings. The third-order valence-corrected chi connectivity index (χ3v) is 6.71. The van der Waals surface area contributed by atoms with Crippen molar-refractivity contribution in [1.82, 2.24) is 10.6 Å². The van der Waals surface area contributed by atoms with Crippen molar-refractivity contribution in [2.75, 3.05) is 49.1 Å². The van der Waals surface area contributed by atoms with Crippen LogP contribution in [0.15, 0.2) is 48.5 Å². The summed E-state index contributed by atoms with van der Waals surface area (Å²) in [6, 6.07) is 14.4. The van der Waals surface area contributed by atoms with Gasteiger partial charge in [-0.2, -0.15) is 0 Å². The SMILES string of the molecule is CC(=O)NC[C@H]1CN(c2ccc(N3C[C@@H](CNC(=O)COCc4ccccc4)[C@H](C)C3)c(F)c2)C(=O)O1. The molecule has 2 saturated heterocycles. The lowest BCUT2D eigenvalue weighted by Gasteiger charge is -2.21. The van der Waals surface area contributed by atoms with Gasteiger partial charge in [0.05, 0.1) is 31.1 Å². The van der Waals surface area contributed by atoms with Crippen molar-refractivity contribution >= 4 is 29.3 Å². The number of hydrogen-bond donors (Lipinski definition) is 2. The van der Waals surface area contributed by atoms with Gasteiger partial charge in [-0.15, -0.1) is 0 Å². The molecule has 0 aromatic heterocycles. The Balaban J connectivity index is 1.26. The van der Waals surface area contributed by atoms with Gasteiger partial charge in [-0.3, -0.25) is 14.5 Å². The van der Waals surface area contributed by atoms with Crippen LogP contribution in [0.4, 0.5) is 20.6 Å². The number of benzene rings is 2. The number of cyclic esters (lactones) is 1. The highest BCUT2D eigenvalue weighted by Crippen LogP contribution is 2.32. The summed E-state index contributed by atoms with van der Waals surface area (Å²) in [7, 11) is 0. The third-order valence-electron chi connectivity index (χ3n) is 6.71. The molecule has 0 radical (unpaired) electrons. The fourth-order valence-electron chi connectivity index (χ4n) is 4.64. The molecule has 2 N–H and O–H groups in total. The number of ether oxygens (including phenoxy) is 2. The Morgan fingerprint density at radius 3 is 2.59 bits per heavy atom. The highest BCUT2D eigenvalue weighted by Gasteiger charge is 2.34. The van der Waals surface area contributed by atoms with Gasteiger partial charge in [0.2, 0.25) is 11.8 Å². The number of nitrogens with zero attached hydrogens (tertiary/aromatic N) is 2. The second-order valence-corrected chi connectivity index (χ2v) is 9.61. The molecule has 2 aliphatic rings. The molecule has 2 fully saturated rings.